The lowest BCUT2D eigenvalue weighted by Gasteiger charge is -2.51. The zero-order valence-corrected chi connectivity index (χ0v) is 32.2. The molecule has 4 saturated heterocycles. The van der Waals surface area contributed by atoms with E-state index in [-0.39, 0.29) is 62.9 Å². The number of ether oxygens (including phenoxy) is 4. The van der Waals surface area contributed by atoms with Crippen molar-refractivity contribution < 1.29 is 28.1 Å². The Morgan fingerprint density at radius 2 is 1.91 bits per heavy atom. The fraction of sp³-hybridized carbons (Fsp3) is 0.615. The number of carbonyl (C=O) groups excluding carboxylic acids is 1. The molecular weight excluding hydrogens is 715 g/mol. The van der Waals surface area contributed by atoms with E-state index in [2.05, 4.69) is 29.0 Å². The number of rotatable bonds is 8. The number of alkyl carbamates (subject to hydrolysis) is 1. The molecule has 4 N–H and O–H groups in total. The van der Waals surface area contributed by atoms with E-state index in [9.17, 15) is 4.79 Å². The largest absolute Gasteiger partial charge is 0.480 e. The average molecular weight is 765 g/mol. The Bertz CT molecular complexity index is 1980. The quantitative estimate of drug-likeness (QED) is 0.171. The normalized spacial score (nSPS) is 30.0. The van der Waals surface area contributed by atoms with Gasteiger partial charge in [-0.3, -0.25) is 4.90 Å². The summed E-state index contributed by atoms with van der Waals surface area (Å²) < 4.78 is 41.7. The zero-order chi connectivity index (χ0) is 37.9. The summed E-state index contributed by atoms with van der Waals surface area (Å²) in [6, 6.07) is 2.43. The molecule has 3 aromatic rings. The molecule has 8 rings (SSSR count). The highest BCUT2D eigenvalue weighted by Gasteiger charge is 2.51. The van der Waals surface area contributed by atoms with Crippen LogP contribution in [0.3, 0.4) is 0 Å². The Kier molecular flexibility index (Phi) is 9.75. The highest BCUT2D eigenvalue weighted by Crippen LogP contribution is 2.50. The summed E-state index contributed by atoms with van der Waals surface area (Å²) in [5.74, 6) is -0.260. The first-order valence-corrected chi connectivity index (χ1v) is 19.6. The predicted octanol–water partition coefficient (Wildman–Crippen LogP) is 6.43. The maximum Gasteiger partial charge on any atom is 0.407 e. The first-order valence-electron chi connectivity index (χ1n) is 19.3. The van der Waals surface area contributed by atoms with Crippen LogP contribution in [0.15, 0.2) is 6.07 Å². The summed E-state index contributed by atoms with van der Waals surface area (Å²) in [5, 5.41) is 11.5. The third-order valence-electron chi connectivity index (χ3n) is 12.6. The molecule has 1 amide bonds. The Morgan fingerprint density at radius 3 is 2.63 bits per heavy atom. The Labute approximate surface area is 319 Å². The van der Waals surface area contributed by atoms with Gasteiger partial charge in [-0.25, -0.2) is 14.2 Å². The average Bonchev–Trinajstić information content (AvgIpc) is 3.75. The number of benzene rings is 1. The summed E-state index contributed by atoms with van der Waals surface area (Å²) in [6.07, 6.45) is 9.85. The number of nitrogen functional groups attached to an aromatic ring is 1. The lowest BCUT2D eigenvalue weighted by molar-refractivity contribution is -0.0967. The summed E-state index contributed by atoms with van der Waals surface area (Å²) in [4.78, 5) is 31.4. The number of piperidine rings is 2. The minimum Gasteiger partial charge on any atom is -0.480 e. The molecule has 6 heterocycles. The highest BCUT2D eigenvalue weighted by molar-refractivity contribution is 6.32. The van der Waals surface area contributed by atoms with Gasteiger partial charge < -0.3 is 40.3 Å². The molecule has 5 fully saturated rings. The van der Waals surface area contributed by atoms with E-state index in [1.807, 2.05) is 4.90 Å². The number of hydrogen-bond donors (Lipinski definition) is 3. The summed E-state index contributed by atoms with van der Waals surface area (Å²) >= 11 is 6.56. The molecule has 15 heteroatoms. The third-order valence-corrected chi connectivity index (χ3v) is 13.0. The number of nitrogens with one attached hydrogen (secondary N) is 2. The number of amides is 1. The minimum atomic E-state index is -0.762. The second-order valence-electron chi connectivity index (χ2n) is 16.1. The number of likely N-dealkylation sites (tertiary alicyclic amines) is 1. The van der Waals surface area contributed by atoms with Crippen LogP contribution in [0, 0.1) is 23.6 Å². The van der Waals surface area contributed by atoms with E-state index < -0.39 is 17.5 Å². The van der Waals surface area contributed by atoms with Crippen molar-refractivity contribution in [1.29, 1.82) is 5.41 Å². The molecule has 1 aromatic carbocycles. The van der Waals surface area contributed by atoms with Gasteiger partial charge in [0.2, 0.25) is 5.88 Å². The van der Waals surface area contributed by atoms with Crippen molar-refractivity contribution in [3.05, 3.63) is 28.0 Å². The first kappa shape index (κ1) is 36.9. The van der Waals surface area contributed by atoms with Crippen LogP contribution in [0.2, 0.25) is 5.02 Å². The highest BCUT2D eigenvalue weighted by atomic mass is 35.5. The van der Waals surface area contributed by atoms with Crippen LogP contribution >= 0.6 is 11.6 Å². The van der Waals surface area contributed by atoms with E-state index in [1.54, 1.807) is 13.0 Å². The lowest BCUT2D eigenvalue weighted by atomic mass is 9.74. The fourth-order valence-corrected chi connectivity index (χ4v) is 10.4. The molecule has 1 saturated carbocycles. The van der Waals surface area contributed by atoms with Gasteiger partial charge in [0.05, 0.1) is 39.0 Å². The first-order chi connectivity index (χ1) is 25.9. The maximum atomic E-state index is 17.3. The standard InChI is InChI=1S/C39H50ClFN8O5/c1-21-14-24(15-22(2)53-21)49-13-6-10-38(9-5-8-28(38)49)20-52-36-46-33-30(34(47-36)48-12-7-11-39(19-48)18-44-37(50)54-39)35(51-4)45-32(31(33)41)29-23(3)26(40)16-27(43)25(29)17-42/h16-17,21-22,24,28,42H,5-15,18-20,43H2,1-4H3,(H,44,50). The summed E-state index contributed by atoms with van der Waals surface area (Å²) in [6.45, 7) is 8.80. The number of hydrogen-bond acceptors (Lipinski definition) is 12. The molecule has 290 valence electrons. The molecule has 5 aliphatic rings. The number of halogens is 2. The molecule has 0 bridgehead atoms. The SMILES string of the molecule is COc1nc(-c2c(C)c(Cl)cc(N)c2C=N)c(F)c2nc(OCC34CCCC3N(C3CC(C)OC(C)C3)CCC4)nc(N3CCCC4(CNC(=O)O4)C3)c12. The Morgan fingerprint density at radius 1 is 1.15 bits per heavy atom. The van der Waals surface area contributed by atoms with Crippen molar-refractivity contribution in [3.63, 3.8) is 0 Å². The minimum absolute atomic E-state index is 0.0391. The summed E-state index contributed by atoms with van der Waals surface area (Å²) in [7, 11) is 1.46. The monoisotopic (exact) mass is 764 g/mol. The van der Waals surface area contributed by atoms with Gasteiger partial charge in [0.25, 0.3) is 0 Å². The van der Waals surface area contributed by atoms with Crippen molar-refractivity contribution in [2.75, 3.05) is 50.5 Å². The van der Waals surface area contributed by atoms with Crippen LogP contribution in [0.1, 0.15) is 82.8 Å². The van der Waals surface area contributed by atoms with Crippen molar-refractivity contribution in [1.82, 2.24) is 25.2 Å². The molecule has 5 unspecified atom stereocenters. The van der Waals surface area contributed by atoms with E-state index in [4.69, 9.17) is 51.7 Å². The van der Waals surface area contributed by atoms with Gasteiger partial charge >= 0.3 is 12.1 Å². The Balaban J connectivity index is 1.22. The van der Waals surface area contributed by atoms with Crippen molar-refractivity contribution >= 4 is 46.3 Å². The molecule has 13 nitrogen and oxygen atoms in total. The number of nitrogens with two attached hydrogens (primary N) is 1. The molecule has 2 aromatic heterocycles. The van der Waals surface area contributed by atoms with Gasteiger partial charge in [0.15, 0.2) is 5.82 Å². The lowest BCUT2D eigenvalue weighted by Crippen LogP contribution is -2.57. The van der Waals surface area contributed by atoms with E-state index in [1.165, 1.54) is 7.11 Å². The molecule has 5 atom stereocenters. The van der Waals surface area contributed by atoms with Gasteiger partial charge in [-0.15, -0.1) is 0 Å². The Hall–Kier alpha value is -4.01. The van der Waals surface area contributed by atoms with Gasteiger partial charge in [-0.1, -0.05) is 18.0 Å². The smallest absolute Gasteiger partial charge is 0.407 e. The van der Waals surface area contributed by atoms with E-state index >= 15 is 4.39 Å². The van der Waals surface area contributed by atoms with Gasteiger partial charge in [-0.2, -0.15) is 9.97 Å². The number of anilines is 2. The van der Waals surface area contributed by atoms with Gasteiger partial charge in [0, 0.05) is 52.1 Å². The maximum absolute atomic E-state index is 17.3. The van der Waals surface area contributed by atoms with E-state index in [0.717, 1.165) is 57.7 Å². The fourth-order valence-electron chi connectivity index (χ4n) is 10.2. The molecular formula is C39H50ClFN8O5. The number of carbonyl (C=O) groups is 1. The molecule has 0 radical (unpaired) electrons. The van der Waals surface area contributed by atoms with Crippen molar-refractivity contribution in [3.8, 4) is 23.1 Å². The third kappa shape index (κ3) is 6.37. The number of fused-ring (bicyclic) bond motifs is 2. The van der Waals surface area contributed by atoms with Crippen LogP contribution in [0.4, 0.5) is 20.7 Å². The topological polar surface area (TPSA) is 161 Å². The predicted molar refractivity (Wildman–Crippen MR) is 205 cm³/mol. The second kappa shape index (κ2) is 14.2. The number of aromatic nitrogens is 3. The van der Waals surface area contributed by atoms with Crippen LogP contribution < -0.4 is 25.4 Å². The number of methoxy groups -OCH3 is 1. The van der Waals surface area contributed by atoms with Gasteiger partial charge in [0.1, 0.15) is 28.0 Å². The second-order valence-corrected chi connectivity index (χ2v) is 16.5. The molecule has 1 spiro atoms. The summed E-state index contributed by atoms with van der Waals surface area (Å²) in [5.41, 5.74) is 6.60. The van der Waals surface area contributed by atoms with Crippen LogP contribution in [-0.2, 0) is 9.47 Å². The zero-order valence-electron chi connectivity index (χ0n) is 31.5. The van der Waals surface area contributed by atoms with Crippen LogP contribution in [0.25, 0.3) is 22.2 Å². The molecule has 54 heavy (non-hydrogen) atoms. The number of nitrogens with zero attached hydrogens (tertiary/aromatic N) is 5. The van der Waals surface area contributed by atoms with Crippen LogP contribution in [-0.4, -0.2) is 102 Å². The van der Waals surface area contributed by atoms with Crippen molar-refractivity contribution in [2.24, 2.45) is 5.41 Å². The van der Waals surface area contributed by atoms with Crippen molar-refractivity contribution in [2.45, 2.75) is 108 Å². The molecule has 4 aliphatic heterocycles. The number of pyridine rings is 1. The van der Waals surface area contributed by atoms with Gasteiger partial charge in [-0.05, 0) is 90.3 Å². The van der Waals surface area contributed by atoms with Crippen LogP contribution in [0.5, 0.6) is 11.9 Å². The van der Waals surface area contributed by atoms with E-state index in [0.29, 0.717) is 67.6 Å². The molecule has 1 aliphatic carbocycles.